The first-order chi connectivity index (χ1) is 7.73. The standard InChI is InChI=1S/C9H12F2N2O2S2/c1-9(2-3-17(14,15)5-9)13-7(16)4-6(12-13)8(10)11/h4,8,12H,2-3,5H2,1H3. The van der Waals surface area contributed by atoms with Crippen molar-refractivity contribution in [3.05, 3.63) is 16.4 Å². The van der Waals surface area contributed by atoms with Crippen molar-refractivity contribution in [3.8, 4) is 0 Å². The molecular formula is C9H12F2N2O2S2. The number of sulfone groups is 1. The lowest BCUT2D eigenvalue weighted by atomic mass is 10.0. The molecule has 96 valence electrons. The lowest BCUT2D eigenvalue weighted by Gasteiger charge is -2.23. The predicted molar refractivity (Wildman–Crippen MR) is 61.5 cm³/mol. The molecule has 0 spiro atoms. The zero-order chi connectivity index (χ0) is 12.8. The summed E-state index contributed by atoms with van der Waals surface area (Å²) in [6.07, 6.45) is -2.26. The minimum absolute atomic E-state index is 0.0638. The number of hydrogen-bond acceptors (Lipinski definition) is 3. The van der Waals surface area contributed by atoms with Crippen LogP contribution in [0.15, 0.2) is 6.07 Å². The van der Waals surface area contributed by atoms with E-state index in [1.54, 1.807) is 6.92 Å². The molecule has 1 atom stereocenters. The summed E-state index contributed by atoms with van der Waals surface area (Å²) in [6.45, 7) is 1.71. The molecule has 1 aliphatic heterocycles. The van der Waals surface area contributed by atoms with Crippen molar-refractivity contribution in [3.63, 3.8) is 0 Å². The lowest BCUT2D eigenvalue weighted by Crippen LogP contribution is -2.32. The fourth-order valence-corrected chi connectivity index (χ4v) is 4.61. The van der Waals surface area contributed by atoms with Gasteiger partial charge in [0.25, 0.3) is 6.43 Å². The SMILES string of the molecule is CC1(n2[nH]c(C(F)F)cc2=S)CCS(=O)(=O)C1. The van der Waals surface area contributed by atoms with Crippen molar-refractivity contribution >= 4 is 22.1 Å². The van der Waals surface area contributed by atoms with Crippen LogP contribution in [0.5, 0.6) is 0 Å². The van der Waals surface area contributed by atoms with E-state index in [-0.39, 0.29) is 21.8 Å². The van der Waals surface area contributed by atoms with Gasteiger partial charge in [0.1, 0.15) is 10.3 Å². The maximum Gasteiger partial charge on any atom is 0.279 e. The number of nitrogens with one attached hydrogen (secondary N) is 1. The van der Waals surface area contributed by atoms with Gasteiger partial charge in [0.2, 0.25) is 0 Å². The smallest absolute Gasteiger partial charge is 0.279 e. The lowest BCUT2D eigenvalue weighted by molar-refractivity contribution is 0.143. The Morgan fingerprint density at radius 3 is 2.65 bits per heavy atom. The number of rotatable bonds is 2. The van der Waals surface area contributed by atoms with Crippen molar-refractivity contribution in [2.24, 2.45) is 0 Å². The molecule has 0 aliphatic carbocycles. The molecule has 1 aliphatic rings. The molecule has 8 heteroatoms. The van der Waals surface area contributed by atoms with Crippen molar-refractivity contribution in [2.45, 2.75) is 25.3 Å². The summed E-state index contributed by atoms with van der Waals surface area (Å²) in [7, 11) is -3.10. The Balaban J connectivity index is 2.45. The summed E-state index contributed by atoms with van der Waals surface area (Å²) in [6, 6.07) is 1.18. The van der Waals surface area contributed by atoms with Gasteiger partial charge in [-0.05, 0) is 13.3 Å². The summed E-state index contributed by atoms with van der Waals surface area (Å²) in [5, 5.41) is 2.50. The molecule has 1 N–H and O–H groups in total. The van der Waals surface area contributed by atoms with Gasteiger partial charge in [0, 0.05) is 6.07 Å². The molecular weight excluding hydrogens is 270 g/mol. The van der Waals surface area contributed by atoms with Crippen LogP contribution < -0.4 is 0 Å². The van der Waals surface area contributed by atoms with E-state index >= 15 is 0 Å². The molecule has 1 unspecified atom stereocenters. The molecule has 1 fully saturated rings. The van der Waals surface area contributed by atoms with E-state index in [0.29, 0.717) is 6.42 Å². The van der Waals surface area contributed by atoms with Crippen LogP contribution in [0.3, 0.4) is 0 Å². The van der Waals surface area contributed by atoms with E-state index in [4.69, 9.17) is 12.2 Å². The molecule has 2 heterocycles. The summed E-state index contributed by atoms with van der Waals surface area (Å²) in [5.74, 6) is -0.00813. The second-order valence-corrected chi connectivity index (χ2v) is 7.13. The summed E-state index contributed by atoms with van der Waals surface area (Å²) in [5.41, 5.74) is -1.02. The highest BCUT2D eigenvalue weighted by molar-refractivity contribution is 7.91. The second-order valence-electron chi connectivity index (χ2n) is 4.52. The maximum atomic E-state index is 12.5. The van der Waals surface area contributed by atoms with Gasteiger partial charge in [0.15, 0.2) is 9.84 Å². The molecule has 17 heavy (non-hydrogen) atoms. The Morgan fingerprint density at radius 2 is 2.24 bits per heavy atom. The van der Waals surface area contributed by atoms with E-state index in [0.717, 1.165) is 0 Å². The highest BCUT2D eigenvalue weighted by Crippen LogP contribution is 2.31. The molecule has 0 aromatic carbocycles. The molecule has 0 bridgehead atoms. The number of aromatic amines is 1. The van der Waals surface area contributed by atoms with E-state index in [1.165, 1.54) is 10.7 Å². The third kappa shape index (κ3) is 2.28. The van der Waals surface area contributed by atoms with Crippen LogP contribution in [0.25, 0.3) is 0 Å². The first-order valence-corrected chi connectivity index (χ1v) is 7.27. The minimum Gasteiger partial charge on any atom is -0.295 e. The quantitative estimate of drug-likeness (QED) is 0.844. The van der Waals surface area contributed by atoms with E-state index in [1.807, 2.05) is 0 Å². The molecule has 1 saturated heterocycles. The van der Waals surface area contributed by atoms with Gasteiger partial charge in [-0.25, -0.2) is 17.2 Å². The third-order valence-electron chi connectivity index (χ3n) is 3.00. The topological polar surface area (TPSA) is 54.9 Å². The Labute approximate surface area is 103 Å². The third-order valence-corrected chi connectivity index (χ3v) is 5.19. The van der Waals surface area contributed by atoms with Crippen molar-refractivity contribution in [1.82, 2.24) is 9.78 Å². The van der Waals surface area contributed by atoms with Gasteiger partial charge in [-0.2, -0.15) is 0 Å². The summed E-state index contributed by atoms with van der Waals surface area (Å²) in [4.78, 5) is 0. The largest absolute Gasteiger partial charge is 0.295 e. The number of H-pyrrole nitrogens is 1. The van der Waals surface area contributed by atoms with Crippen LogP contribution in [0, 0.1) is 4.64 Å². The average Bonchev–Trinajstić information content (AvgIpc) is 2.69. The first-order valence-electron chi connectivity index (χ1n) is 5.05. The normalized spacial score (nSPS) is 27.8. The summed E-state index contributed by atoms with van der Waals surface area (Å²) >= 11 is 4.98. The van der Waals surface area contributed by atoms with E-state index < -0.39 is 21.8 Å². The van der Waals surface area contributed by atoms with Gasteiger partial charge >= 0.3 is 0 Å². The number of nitrogens with zero attached hydrogens (tertiary/aromatic N) is 1. The van der Waals surface area contributed by atoms with Crippen molar-refractivity contribution in [1.29, 1.82) is 0 Å². The number of halogens is 2. The molecule has 1 aromatic heterocycles. The Bertz CT molecular complexity index is 590. The van der Waals surface area contributed by atoms with Crippen LogP contribution in [0.4, 0.5) is 8.78 Å². The van der Waals surface area contributed by atoms with Crippen molar-refractivity contribution in [2.75, 3.05) is 11.5 Å². The van der Waals surface area contributed by atoms with Crippen LogP contribution in [-0.2, 0) is 15.4 Å². The number of aromatic nitrogens is 2. The Kier molecular flexibility index (Phi) is 2.89. The fourth-order valence-electron chi connectivity index (χ4n) is 2.10. The number of alkyl halides is 2. The van der Waals surface area contributed by atoms with Gasteiger partial charge in [0.05, 0.1) is 17.0 Å². The monoisotopic (exact) mass is 282 g/mol. The predicted octanol–water partition coefficient (Wildman–Crippen LogP) is 2.02. The van der Waals surface area contributed by atoms with E-state index in [9.17, 15) is 17.2 Å². The van der Waals surface area contributed by atoms with Gasteiger partial charge < -0.3 is 0 Å². The number of hydrogen-bond donors (Lipinski definition) is 1. The summed E-state index contributed by atoms with van der Waals surface area (Å²) < 4.78 is 49.5. The van der Waals surface area contributed by atoms with Crippen LogP contribution >= 0.6 is 12.2 Å². The molecule has 2 rings (SSSR count). The van der Waals surface area contributed by atoms with Crippen molar-refractivity contribution < 1.29 is 17.2 Å². The van der Waals surface area contributed by atoms with Crippen LogP contribution in [-0.4, -0.2) is 29.7 Å². The fraction of sp³-hybridized carbons (Fsp3) is 0.667. The van der Waals surface area contributed by atoms with Gasteiger partial charge in [-0.15, -0.1) is 0 Å². The highest BCUT2D eigenvalue weighted by Gasteiger charge is 2.41. The van der Waals surface area contributed by atoms with Gasteiger partial charge in [-0.1, -0.05) is 12.2 Å². The van der Waals surface area contributed by atoms with Crippen LogP contribution in [0.1, 0.15) is 25.5 Å². The van der Waals surface area contributed by atoms with E-state index in [2.05, 4.69) is 5.10 Å². The highest BCUT2D eigenvalue weighted by atomic mass is 32.2. The molecule has 0 radical (unpaired) electrons. The zero-order valence-electron chi connectivity index (χ0n) is 9.11. The van der Waals surface area contributed by atoms with Crippen LogP contribution in [0.2, 0.25) is 0 Å². The molecule has 1 aromatic rings. The molecule has 4 nitrogen and oxygen atoms in total. The Hall–Kier alpha value is -0.760. The van der Waals surface area contributed by atoms with Gasteiger partial charge in [-0.3, -0.25) is 9.78 Å². The Morgan fingerprint density at radius 1 is 1.59 bits per heavy atom. The molecule has 0 amide bonds. The maximum absolute atomic E-state index is 12.5. The first kappa shape index (κ1) is 12.7. The average molecular weight is 282 g/mol. The second kappa shape index (κ2) is 3.88. The zero-order valence-corrected chi connectivity index (χ0v) is 10.7. The minimum atomic E-state index is -3.10. The molecule has 0 saturated carbocycles.